The Balaban J connectivity index is 2.06. The first-order chi connectivity index (χ1) is 9.54. The van der Waals surface area contributed by atoms with Crippen molar-refractivity contribution < 1.29 is 8.42 Å². The molecule has 20 heavy (non-hydrogen) atoms. The average molecular weight is 361 g/mol. The zero-order valence-corrected chi connectivity index (χ0v) is 14.2. The highest BCUT2D eigenvalue weighted by molar-refractivity contribution is 9.10. The van der Waals surface area contributed by atoms with Gasteiger partial charge in [-0.1, -0.05) is 22.9 Å². The maximum absolute atomic E-state index is 12.6. The third kappa shape index (κ3) is 3.81. The fourth-order valence-corrected chi connectivity index (χ4v) is 4.17. The number of likely N-dealkylation sites (N-methyl/N-ethyl adjacent to an activating group) is 1. The molecule has 0 unspecified atom stereocenters. The van der Waals surface area contributed by atoms with E-state index in [1.54, 1.807) is 28.6 Å². The molecule has 1 aromatic rings. The predicted octanol–water partition coefficient (Wildman–Crippen LogP) is 2.56. The van der Waals surface area contributed by atoms with Crippen LogP contribution in [0.2, 0.25) is 0 Å². The van der Waals surface area contributed by atoms with E-state index in [0.29, 0.717) is 18.0 Å². The van der Waals surface area contributed by atoms with Crippen molar-refractivity contribution in [3.05, 3.63) is 28.7 Å². The molecule has 4 nitrogen and oxygen atoms in total. The molecule has 1 aliphatic rings. The van der Waals surface area contributed by atoms with E-state index in [-0.39, 0.29) is 0 Å². The van der Waals surface area contributed by atoms with Gasteiger partial charge < -0.3 is 4.90 Å². The topological polar surface area (TPSA) is 40.6 Å². The number of sulfonamides is 1. The molecule has 1 fully saturated rings. The lowest BCUT2D eigenvalue weighted by Crippen LogP contribution is -2.37. The lowest BCUT2D eigenvalue weighted by Gasteiger charge is -2.23. The Bertz CT molecular complexity index is 525. The summed E-state index contributed by atoms with van der Waals surface area (Å²) in [5.41, 5.74) is 0. The third-order valence-electron chi connectivity index (χ3n) is 3.67. The molecular formula is C14H21BrN2O2S. The van der Waals surface area contributed by atoms with Crippen molar-refractivity contribution in [1.29, 1.82) is 0 Å². The van der Waals surface area contributed by atoms with Crippen molar-refractivity contribution in [3.63, 3.8) is 0 Å². The van der Waals surface area contributed by atoms with Gasteiger partial charge in [-0.05, 0) is 50.2 Å². The minimum atomic E-state index is -3.37. The highest BCUT2D eigenvalue weighted by atomic mass is 79.9. The van der Waals surface area contributed by atoms with Crippen LogP contribution < -0.4 is 0 Å². The smallest absolute Gasteiger partial charge is 0.243 e. The van der Waals surface area contributed by atoms with Gasteiger partial charge in [0.05, 0.1) is 4.90 Å². The lowest BCUT2D eigenvalue weighted by atomic mass is 10.4. The summed E-state index contributed by atoms with van der Waals surface area (Å²) >= 11 is 3.33. The summed E-state index contributed by atoms with van der Waals surface area (Å²) in [6, 6.07) is 6.83. The van der Waals surface area contributed by atoms with Crippen LogP contribution in [0.15, 0.2) is 33.6 Å². The van der Waals surface area contributed by atoms with Gasteiger partial charge in [-0.2, -0.15) is 4.31 Å². The average Bonchev–Trinajstić information content (AvgIpc) is 2.93. The van der Waals surface area contributed by atoms with Gasteiger partial charge in [0.2, 0.25) is 10.0 Å². The lowest BCUT2D eigenvalue weighted by molar-refractivity contribution is 0.299. The third-order valence-corrected chi connectivity index (χ3v) is 6.19. The normalized spacial score (nSPS) is 16.9. The zero-order valence-electron chi connectivity index (χ0n) is 11.8. The number of benzene rings is 1. The number of hydrogen-bond donors (Lipinski definition) is 0. The van der Waals surface area contributed by atoms with Crippen molar-refractivity contribution in [1.82, 2.24) is 9.21 Å². The minimum Gasteiger partial charge on any atom is -0.302 e. The molecule has 0 saturated carbocycles. The monoisotopic (exact) mass is 360 g/mol. The van der Waals surface area contributed by atoms with Crippen molar-refractivity contribution in [2.45, 2.75) is 24.7 Å². The van der Waals surface area contributed by atoms with Gasteiger partial charge in [0, 0.05) is 24.1 Å². The minimum absolute atomic E-state index is 0.365. The van der Waals surface area contributed by atoms with Gasteiger partial charge in [-0.15, -0.1) is 0 Å². The van der Waals surface area contributed by atoms with E-state index in [2.05, 4.69) is 20.8 Å². The zero-order chi connectivity index (χ0) is 14.6. The second-order valence-electron chi connectivity index (χ2n) is 5.00. The highest BCUT2D eigenvalue weighted by Crippen LogP contribution is 2.19. The molecule has 0 N–H and O–H groups in total. The maximum Gasteiger partial charge on any atom is 0.243 e. The fraction of sp³-hybridized carbons (Fsp3) is 0.571. The molecule has 0 spiro atoms. The van der Waals surface area contributed by atoms with Crippen molar-refractivity contribution in [3.8, 4) is 0 Å². The molecule has 1 saturated heterocycles. The summed E-state index contributed by atoms with van der Waals surface area (Å²) in [4.78, 5) is 2.70. The van der Waals surface area contributed by atoms with Crippen molar-refractivity contribution in [2.24, 2.45) is 0 Å². The quantitative estimate of drug-likeness (QED) is 0.782. The molecule has 6 heteroatoms. The molecule has 0 bridgehead atoms. The summed E-state index contributed by atoms with van der Waals surface area (Å²) in [7, 11) is -3.37. The van der Waals surface area contributed by atoms with Crippen molar-refractivity contribution >= 4 is 26.0 Å². The SMILES string of the molecule is CCN(CCN1CCCC1)S(=O)(=O)c1ccc(Br)cc1. The van der Waals surface area contributed by atoms with E-state index in [1.165, 1.54) is 12.8 Å². The summed E-state index contributed by atoms with van der Waals surface area (Å²) in [5.74, 6) is 0. The van der Waals surface area contributed by atoms with Gasteiger partial charge in [-0.25, -0.2) is 8.42 Å². The molecule has 0 radical (unpaired) electrons. The van der Waals surface area contributed by atoms with Gasteiger partial charge >= 0.3 is 0 Å². The van der Waals surface area contributed by atoms with Crippen LogP contribution in [0.25, 0.3) is 0 Å². The van der Waals surface area contributed by atoms with E-state index in [4.69, 9.17) is 0 Å². The standard InChI is InChI=1S/C14H21BrN2O2S/c1-2-17(12-11-16-9-3-4-10-16)20(18,19)14-7-5-13(15)6-8-14/h5-8H,2-4,9-12H2,1H3. The second kappa shape index (κ2) is 7.02. The van der Waals surface area contributed by atoms with E-state index in [0.717, 1.165) is 24.1 Å². The van der Waals surface area contributed by atoms with Gasteiger partial charge in [-0.3, -0.25) is 0 Å². The maximum atomic E-state index is 12.6. The first-order valence-corrected chi connectivity index (χ1v) is 9.25. The predicted molar refractivity (Wildman–Crippen MR) is 84.2 cm³/mol. The van der Waals surface area contributed by atoms with Crippen LogP contribution >= 0.6 is 15.9 Å². The van der Waals surface area contributed by atoms with E-state index >= 15 is 0 Å². The van der Waals surface area contributed by atoms with Crippen LogP contribution in [-0.4, -0.2) is 50.3 Å². The number of halogens is 1. The van der Waals surface area contributed by atoms with Crippen LogP contribution in [0, 0.1) is 0 Å². The molecule has 1 heterocycles. The van der Waals surface area contributed by atoms with Gasteiger partial charge in [0.1, 0.15) is 0 Å². The fourth-order valence-electron chi connectivity index (χ4n) is 2.46. The van der Waals surface area contributed by atoms with Crippen molar-refractivity contribution in [2.75, 3.05) is 32.7 Å². The molecule has 0 atom stereocenters. The van der Waals surface area contributed by atoms with E-state index in [9.17, 15) is 8.42 Å². The molecule has 1 aliphatic heterocycles. The number of nitrogens with zero attached hydrogens (tertiary/aromatic N) is 2. The summed E-state index contributed by atoms with van der Waals surface area (Å²) < 4.78 is 27.6. The van der Waals surface area contributed by atoms with Crippen LogP contribution in [0.4, 0.5) is 0 Å². The Labute approximate surface area is 129 Å². The molecule has 0 aliphatic carbocycles. The molecule has 0 aromatic heterocycles. The Hall–Kier alpha value is -0.430. The van der Waals surface area contributed by atoms with Gasteiger partial charge in [0.25, 0.3) is 0 Å². The Morgan fingerprint density at radius 2 is 1.80 bits per heavy atom. The number of hydrogen-bond acceptors (Lipinski definition) is 3. The molecule has 0 amide bonds. The highest BCUT2D eigenvalue weighted by Gasteiger charge is 2.23. The Morgan fingerprint density at radius 3 is 2.35 bits per heavy atom. The molecule has 2 rings (SSSR count). The first kappa shape index (κ1) is 15.9. The van der Waals surface area contributed by atoms with E-state index < -0.39 is 10.0 Å². The van der Waals surface area contributed by atoms with E-state index in [1.807, 2.05) is 6.92 Å². The van der Waals surface area contributed by atoms with Crippen LogP contribution in [0.5, 0.6) is 0 Å². The Morgan fingerprint density at radius 1 is 1.20 bits per heavy atom. The largest absolute Gasteiger partial charge is 0.302 e. The molecule has 112 valence electrons. The number of rotatable bonds is 6. The van der Waals surface area contributed by atoms with Crippen LogP contribution in [0.1, 0.15) is 19.8 Å². The molecular weight excluding hydrogens is 340 g/mol. The van der Waals surface area contributed by atoms with Crippen LogP contribution in [0.3, 0.4) is 0 Å². The first-order valence-electron chi connectivity index (χ1n) is 7.02. The molecule has 1 aromatic carbocycles. The summed E-state index contributed by atoms with van der Waals surface area (Å²) in [5, 5.41) is 0. The number of likely N-dealkylation sites (tertiary alicyclic amines) is 1. The van der Waals surface area contributed by atoms with Crippen LogP contribution in [-0.2, 0) is 10.0 Å². The second-order valence-corrected chi connectivity index (χ2v) is 7.85. The summed E-state index contributed by atoms with van der Waals surface area (Å²) in [6.07, 6.45) is 2.46. The summed E-state index contributed by atoms with van der Waals surface area (Å²) in [6.45, 7) is 5.97. The Kier molecular flexibility index (Phi) is 5.60. The van der Waals surface area contributed by atoms with Gasteiger partial charge in [0.15, 0.2) is 0 Å².